The maximum absolute atomic E-state index is 12.2. The summed E-state index contributed by atoms with van der Waals surface area (Å²) >= 11 is 0. The lowest BCUT2D eigenvalue weighted by atomic mass is 10.1. The second-order valence-electron chi connectivity index (χ2n) is 5.47. The van der Waals surface area contributed by atoms with Crippen molar-refractivity contribution in [2.45, 2.75) is 18.9 Å². The summed E-state index contributed by atoms with van der Waals surface area (Å²) in [6.45, 7) is 2.55. The third-order valence-electron chi connectivity index (χ3n) is 3.97. The zero-order valence-electron chi connectivity index (χ0n) is 12.6. The fraction of sp³-hybridized carbons (Fsp3) is 0.500. The number of imide groups is 1. The minimum atomic E-state index is -0.606. The molecule has 2 N–H and O–H groups in total. The molecule has 0 bridgehead atoms. The van der Waals surface area contributed by atoms with Crippen LogP contribution >= 0.6 is 0 Å². The Morgan fingerprint density at radius 1 is 1.17 bits per heavy atom. The number of nitrogens with one attached hydrogen (secondary N) is 2. The summed E-state index contributed by atoms with van der Waals surface area (Å²) in [4.78, 5) is 46.9. The first-order valence-corrected chi connectivity index (χ1v) is 7.54. The van der Waals surface area contributed by atoms with Gasteiger partial charge in [0, 0.05) is 45.0 Å². The summed E-state index contributed by atoms with van der Waals surface area (Å²) in [5.74, 6) is 0.298. The fourth-order valence-electron chi connectivity index (χ4n) is 2.70. The first-order chi connectivity index (χ1) is 11.1. The molecule has 3 heterocycles. The molecule has 1 aromatic rings. The lowest BCUT2D eigenvalue weighted by Gasteiger charge is -2.34. The minimum Gasteiger partial charge on any atom is -0.339 e. The largest absolute Gasteiger partial charge is 0.339 e. The molecule has 0 unspecified atom stereocenters. The summed E-state index contributed by atoms with van der Waals surface area (Å²) < 4.78 is 0. The van der Waals surface area contributed by atoms with Crippen molar-refractivity contribution in [3.8, 4) is 0 Å². The number of carbonyl (C=O) groups excluding carboxylic acids is 3. The predicted octanol–water partition coefficient (Wildman–Crippen LogP) is -0.887. The van der Waals surface area contributed by atoms with Gasteiger partial charge in [0.15, 0.2) is 0 Å². The van der Waals surface area contributed by atoms with E-state index in [9.17, 15) is 14.4 Å². The van der Waals surface area contributed by atoms with Crippen molar-refractivity contribution in [1.29, 1.82) is 0 Å². The highest BCUT2D eigenvalue weighted by molar-refractivity contribution is 6.04. The molecule has 4 amide bonds. The Morgan fingerprint density at radius 2 is 1.87 bits per heavy atom. The van der Waals surface area contributed by atoms with E-state index in [1.165, 1.54) is 0 Å². The lowest BCUT2D eigenvalue weighted by Crippen LogP contribution is -2.49. The number of nitrogens with zero attached hydrogens (tertiary/aromatic N) is 4. The Labute approximate surface area is 133 Å². The second-order valence-corrected chi connectivity index (χ2v) is 5.47. The van der Waals surface area contributed by atoms with Crippen LogP contribution in [0.25, 0.3) is 0 Å². The Hall–Kier alpha value is -2.71. The SMILES string of the molecule is O=C1NC(=O)[C@@H](CCC(=O)N2CCN(c3ncccn3)CC2)N1. The van der Waals surface area contributed by atoms with Gasteiger partial charge < -0.3 is 15.1 Å². The zero-order chi connectivity index (χ0) is 16.2. The molecule has 2 fully saturated rings. The van der Waals surface area contributed by atoms with E-state index in [4.69, 9.17) is 0 Å². The van der Waals surface area contributed by atoms with Crippen molar-refractivity contribution in [2.75, 3.05) is 31.1 Å². The molecule has 0 radical (unpaired) electrons. The quantitative estimate of drug-likeness (QED) is 0.698. The van der Waals surface area contributed by atoms with E-state index in [-0.39, 0.29) is 18.2 Å². The van der Waals surface area contributed by atoms with Gasteiger partial charge in [-0.15, -0.1) is 0 Å². The van der Waals surface area contributed by atoms with Gasteiger partial charge in [-0.05, 0) is 12.5 Å². The van der Waals surface area contributed by atoms with Gasteiger partial charge >= 0.3 is 6.03 Å². The van der Waals surface area contributed by atoms with Gasteiger partial charge in [-0.3, -0.25) is 14.9 Å². The molecule has 0 aliphatic carbocycles. The maximum atomic E-state index is 12.2. The van der Waals surface area contributed by atoms with Crippen LogP contribution in [0.1, 0.15) is 12.8 Å². The first kappa shape index (κ1) is 15.2. The van der Waals surface area contributed by atoms with Gasteiger partial charge in [-0.1, -0.05) is 0 Å². The molecule has 0 saturated carbocycles. The van der Waals surface area contributed by atoms with Crippen molar-refractivity contribution >= 4 is 23.8 Å². The molecule has 9 heteroatoms. The third-order valence-corrected chi connectivity index (χ3v) is 3.97. The molecule has 23 heavy (non-hydrogen) atoms. The molecule has 3 rings (SSSR count). The highest BCUT2D eigenvalue weighted by Crippen LogP contribution is 2.12. The van der Waals surface area contributed by atoms with E-state index in [2.05, 4.69) is 20.6 Å². The summed E-state index contributed by atoms with van der Waals surface area (Å²) in [5.41, 5.74) is 0. The average molecular weight is 318 g/mol. The Morgan fingerprint density at radius 3 is 2.48 bits per heavy atom. The van der Waals surface area contributed by atoms with Crippen molar-refractivity contribution in [1.82, 2.24) is 25.5 Å². The smallest absolute Gasteiger partial charge is 0.322 e. The van der Waals surface area contributed by atoms with E-state index in [1.807, 2.05) is 4.90 Å². The maximum Gasteiger partial charge on any atom is 0.322 e. The van der Waals surface area contributed by atoms with Gasteiger partial charge in [0.2, 0.25) is 11.9 Å². The highest BCUT2D eigenvalue weighted by atomic mass is 16.2. The van der Waals surface area contributed by atoms with Crippen LogP contribution in [0.3, 0.4) is 0 Å². The number of amides is 4. The van der Waals surface area contributed by atoms with Crippen LogP contribution in [0.4, 0.5) is 10.7 Å². The lowest BCUT2D eigenvalue weighted by molar-refractivity contribution is -0.131. The summed E-state index contributed by atoms with van der Waals surface area (Å²) in [6.07, 6.45) is 3.94. The molecule has 2 aliphatic rings. The van der Waals surface area contributed by atoms with Crippen LogP contribution in [0.2, 0.25) is 0 Å². The van der Waals surface area contributed by atoms with Crippen LogP contribution in [-0.4, -0.2) is 64.9 Å². The minimum absolute atomic E-state index is 0.00687. The normalized spacial score (nSPS) is 21.1. The zero-order valence-corrected chi connectivity index (χ0v) is 12.6. The number of hydrogen-bond donors (Lipinski definition) is 2. The number of rotatable bonds is 4. The molecule has 2 aliphatic heterocycles. The number of piperazine rings is 1. The number of hydrogen-bond acceptors (Lipinski definition) is 6. The number of urea groups is 1. The average Bonchev–Trinajstić information content (AvgIpc) is 2.91. The van der Waals surface area contributed by atoms with E-state index in [1.54, 1.807) is 23.4 Å². The molecule has 1 aromatic heterocycles. The molecule has 122 valence electrons. The van der Waals surface area contributed by atoms with Crippen molar-refractivity contribution in [3.63, 3.8) is 0 Å². The molecule has 1 atom stereocenters. The Kier molecular flexibility index (Phi) is 4.35. The molecule has 9 nitrogen and oxygen atoms in total. The van der Waals surface area contributed by atoms with Crippen molar-refractivity contribution < 1.29 is 14.4 Å². The van der Waals surface area contributed by atoms with Gasteiger partial charge in [-0.2, -0.15) is 0 Å². The standard InChI is InChI=1S/C14H18N6O3/c21-11(3-2-10-12(22)18-14(23)17-10)19-6-8-20(9-7-19)13-15-4-1-5-16-13/h1,4-5,10H,2-3,6-9H2,(H2,17,18,22,23)/t10-/m1/s1. The molecule has 0 spiro atoms. The number of anilines is 1. The van der Waals surface area contributed by atoms with Crippen LogP contribution in [-0.2, 0) is 9.59 Å². The molecular formula is C14H18N6O3. The van der Waals surface area contributed by atoms with Crippen LogP contribution in [0, 0.1) is 0 Å². The van der Waals surface area contributed by atoms with E-state index < -0.39 is 12.1 Å². The summed E-state index contributed by atoms with van der Waals surface area (Å²) in [7, 11) is 0. The monoisotopic (exact) mass is 318 g/mol. The fourth-order valence-corrected chi connectivity index (χ4v) is 2.70. The first-order valence-electron chi connectivity index (χ1n) is 7.54. The third kappa shape index (κ3) is 3.55. The van der Waals surface area contributed by atoms with Gasteiger partial charge in [0.05, 0.1) is 0 Å². The highest BCUT2D eigenvalue weighted by Gasteiger charge is 2.30. The van der Waals surface area contributed by atoms with Crippen LogP contribution in [0.15, 0.2) is 18.5 Å². The van der Waals surface area contributed by atoms with Crippen LogP contribution in [0.5, 0.6) is 0 Å². The molecule has 0 aromatic carbocycles. The number of aromatic nitrogens is 2. The van der Waals surface area contributed by atoms with E-state index >= 15 is 0 Å². The van der Waals surface area contributed by atoms with E-state index in [0.717, 1.165) is 0 Å². The predicted molar refractivity (Wildman–Crippen MR) is 80.5 cm³/mol. The van der Waals surface area contributed by atoms with Gasteiger partial charge in [0.25, 0.3) is 5.91 Å². The molecular weight excluding hydrogens is 300 g/mol. The summed E-state index contributed by atoms with van der Waals surface area (Å²) in [6, 6.07) is 0.663. The molecule has 2 saturated heterocycles. The van der Waals surface area contributed by atoms with E-state index in [0.29, 0.717) is 38.5 Å². The van der Waals surface area contributed by atoms with Gasteiger partial charge in [-0.25, -0.2) is 14.8 Å². The Balaban J connectivity index is 1.45. The van der Waals surface area contributed by atoms with Crippen LogP contribution < -0.4 is 15.5 Å². The number of carbonyl (C=O) groups is 3. The Bertz CT molecular complexity index is 600. The summed E-state index contributed by atoms with van der Waals surface area (Å²) in [5, 5.41) is 4.66. The van der Waals surface area contributed by atoms with Gasteiger partial charge in [0.1, 0.15) is 6.04 Å². The van der Waals surface area contributed by atoms with Crippen molar-refractivity contribution in [3.05, 3.63) is 18.5 Å². The second kappa shape index (κ2) is 6.59. The van der Waals surface area contributed by atoms with Crippen molar-refractivity contribution in [2.24, 2.45) is 0 Å². The topological polar surface area (TPSA) is 108 Å².